The summed E-state index contributed by atoms with van der Waals surface area (Å²) in [4.78, 5) is 0. The first-order chi connectivity index (χ1) is 7.81. The average molecular weight is 349 g/mol. The van der Waals surface area contributed by atoms with E-state index >= 15 is 0 Å². The van der Waals surface area contributed by atoms with E-state index in [4.69, 9.17) is 23.0 Å². The Morgan fingerprint density at radius 1 is 0.938 bits per heavy atom. The first-order valence-corrected chi connectivity index (χ1v) is 6.04. The van der Waals surface area contributed by atoms with Gasteiger partial charge in [-0.1, -0.05) is 0 Å². The van der Waals surface area contributed by atoms with Gasteiger partial charge < -0.3 is 28.1 Å². The quantitative estimate of drug-likeness (QED) is 0.373. The summed E-state index contributed by atoms with van der Waals surface area (Å²) >= 11 is 1.73. The van der Waals surface area contributed by atoms with Crippen LogP contribution in [-0.4, -0.2) is 64.0 Å². The van der Waals surface area contributed by atoms with Crippen molar-refractivity contribution in [3.63, 3.8) is 0 Å². The van der Waals surface area contributed by atoms with Crippen molar-refractivity contribution >= 4 is 23.0 Å². The monoisotopic (exact) mass is 349 g/mol. The lowest BCUT2D eigenvalue weighted by molar-refractivity contribution is -0.0158. The first-order valence-electron chi connectivity index (χ1n) is 5.16. The zero-order valence-corrected chi connectivity index (χ0v) is 11.4. The fourth-order valence-electron chi connectivity index (χ4n) is 0.863. The van der Waals surface area contributed by atoms with Gasteiger partial charge in [0.25, 0.3) is 0 Å². The maximum absolute atomic E-state index is 9.22. The van der Waals surface area contributed by atoms with Gasteiger partial charge in [0.1, 0.15) is 29.1 Å². The lowest BCUT2D eigenvalue weighted by Crippen LogP contribution is -2.21. The Morgan fingerprint density at radius 2 is 1.50 bits per heavy atom. The van der Waals surface area contributed by atoms with E-state index in [2.05, 4.69) is 0 Å². The van der Waals surface area contributed by atoms with Crippen molar-refractivity contribution in [2.75, 3.05) is 52.8 Å². The van der Waals surface area contributed by atoms with Gasteiger partial charge in [-0.2, -0.15) is 0 Å². The molecular weight excluding hydrogens is 329 g/mol. The summed E-state index contributed by atoms with van der Waals surface area (Å²) in [6.45, 7) is 3.64. The number of aliphatic hydroxyl groups excluding tert-OH is 1. The molecule has 0 saturated heterocycles. The second kappa shape index (κ2) is 13.6. The van der Waals surface area contributed by atoms with Crippen LogP contribution in [0.25, 0.3) is 0 Å². The Morgan fingerprint density at radius 3 is 2.06 bits per heavy atom. The Bertz CT molecular complexity index is 141. The maximum atomic E-state index is 9.22. The Balaban J connectivity index is 2.98. The predicted molar refractivity (Wildman–Crippen MR) is 67.5 cm³/mol. The predicted octanol–water partition coefficient (Wildman–Crippen LogP) is -0.278. The molecule has 0 aliphatic carbocycles. The van der Waals surface area contributed by atoms with Crippen LogP contribution in [0.15, 0.2) is 0 Å². The SMILES string of the molecule is NCCOCCOCCOCC(O)COI. The van der Waals surface area contributed by atoms with Crippen LogP contribution in [0.2, 0.25) is 0 Å². The molecule has 0 amide bonds. The fourth-order valence-corrected chi connectivity index (χ4v) is 1.28. The van der Waals surface area contributed by atoms with Gasteiger partial charge in [0.2, 0.25) is 0 Å². The molecule has 0 saturated carbocycles. The average Bonchev–Trinajstić information content (AvgIpc) is 2.27. The summed E-state index contributed by atoms with van der Waals surface area (Å²) in [5, 5.41) is 9.22. The summed E-state index contributed by atoms with van der Waals surface area (Å²) in [5.41, 5.74) is 5.24. The second-order valence-electron chi connectivity index (χ2n) is 3.02. The minimum atomic E-state index is -0.579. The van der Waals surface area contributed by atoms with Crippen LogP contribution in [-0.2, 0) is 17.3 Å². The number of ether oxygens (including phenoxy) is 3. The molecule has 3 N–H and O–H groups in total. The molecule has 1 unspecified atom stereocenters. The lowest BCUT2D eigenvalue weighted by atomic mass is 10.4. The van der Waals surface area contributed by atoms with Crippen LogP contribution >= 0.6 is 23.0 Å². The van der Waals surface area contributed by atoms with Crippen molar-refractivity contribution in [3.05, 3.63) is 0 Å². The van der Waals surface area contributed by atoms with Crippen LogP contribution in [0.1, 0.15) is 0 Å². The molecule has 0 aliphatic rings. The highest BCUT2D eigenvalue weighted by Crippen LogP contribution is 1.92. The normalized spacial score (nSPS) is 12.9. The molecule has 0 rings (SSSR count). The van der Waals surface area contributed by atoms with Crippen LogP contribution < -0.4 is 5.73 Å². The van der Waals surface area contributed by atoms with E-state index in [1.807, 2.05) is 0 Å². The van der Waals surface area contributed by atoms with E-state index in [1.54, 1.807) is 23.0 Å². The third kappa shape index (κ3) is 12.6. The molecule has 0 heterocycles. The summed E-state index contributed by atoms with van der Waals surface area (Å²) in [6, 6.07) is 0. The van der Waals surface area contributed by atoms with Gasteiger partial charge in [0.15, 0.2) is 0 Å². The molecule has 1 atom stereocenters. The molecule has 0 radical (unpaired) electrons. The van der Waals surface area contributed by atoms with E-state index in [-0.39, 0.29) is 13.2 Å². The van der Waals surface area contributed by atoms with Crippen LogP contribution in [0, 0.1) is 0 Å². The highest BCUT2D eigenvalue weighted by molar-refractivity contribution is 14.1. The van der Waals surface area contributed by atoms with E-state index in [0.717, 1.165) is 0 Å². The number of halogens is 1. The molecule has 0 bridgehead atoms. The molecule has 98 valence electrons. The second-order valence-corrected chi connectivity index (χ2v) is 3.64. The molecular formula is C9H20INO5. The highest BCUT2D eigenvalue weighted by atomic mass is 127. The molecule has 6 nitrogen and oxygen atoms in total. The maximum Gasteiger partial charge on any atom is 0.109 e. The summed E-state index contributed by atoms with van der Waals surface area (Å²) < 4.78 is 20.2. The van der Waals surface area contributed by atoms with Crippen molar-refractivity contribution in [1.29, 1.82) is 0 Å². The first kappa shape index (κ1) is 16.5. The minimum absolute atomic E-state index is 0.260. The fraction of sp³-hybridized carbons (Fsp3) is 1.00. The van der Waals surface area contributed by atoms with Gasteiger partial charge >= 0.3 is 0 Å². The highest BCUT2D eigenvalue weighted by Gasteiger charge is 2.02. The van der Waals surface area contributed by atoms with Crippen LogP contribution in [0.5, 0.6) is 0 Å². The number of nitrogens with two attached hydrogens (primary N) is 1. The van der Waals surface area contributed by atoms with E-state index in [1.165, 1.54) is 0 Å². The van der Waals surface area contributed by atoms with Gasteiger partial charge in [-0.3, -0.25) is 0 Å². The van der Waals surface area contributed by atoms with E-state index < -0.39 is 6.10 Å². The molecule has 0 aromatic rings. The largest absolute Gasteiger partial charge is 0.388 e. The number of hydrogen-bond donors (Lipinski definition) is 2. The summed E-state index contributed by atoms with van der Waals surface area (Å²) in [5.74, 6) is 0. The molecule has 0 spiro atoms. The van der Waals surface area contributed by atoms with Gasteiger partial charge in [0, 0.05) is 6.54 Å². The molecule has 7 heteroatoms. The number of hydrogen-bond acceptors (Lipinski definition) is 6. The summed E-state index contributed by atoms with van der Waals surface area (Å²) in [6.07, 6.45) is -0.579. The van der Waals surface area contributed by atoms with Gasteiger partial charge in [-0.15, -0.1) is 0 Å². The van der Waals surface area contributed by atoms with Crippen LogP contribution in [0.4, 0.5) is 0 Å². The Kier molecular flexibility index (Phi) is 14.0. The molecule has 0 aromatic carbocycles. The van der Waals surface area contributed by atoms with Gasteiger partial charge in [0.05, 0.1) is 46.2 Å². The van der Waals surface area contributed by atoms with E-state index in [0.29, 0.717) is 39.6 Å². The van der Waals surface area contributed by atoms with Crippen molar-refractivity contribution < 1.29 is 22.4 Å². The summed E-state index contributed by atoms with van der Waals surface area (Å²) in [7, 11) is 0. The zero-order chi connectivity index (χ0) is 12.1. The minimum Gasteiger partial charge on any atom is -0.388 e. The molecule has 16 heavy (non-hydrogen) atoms. The standard InChI is InChI=1S/C9H20INO5/c10-16-8-9(12)7-15-6-5-14-4-3-13-2-1-11/h9,12H,1-8,11H2. The van der Waals surface area contributed by atoms with E-state index in [9.17, 15) is 5.11 Å². The van der Waals surface area contributed by atoms with Gasteiger partial charge in [-0.05, 0) is 0 Å². The van der Waals surface area contributed by atoms with Crippen LogP contribution in [0.3, 0.4) is 0 Å². The molecule has 0 aromatic heterocycles. The smallest absolute Gasteiger partial charge is 0.109 e. The third-order valence-corrected chi connectivity index (χ3v) is 1.93. The molecule has 0 fully saturated rings. The topological polar surface area (TPSA) is 83.2 Å². The number of rotatable bonds is 12. The third-order valence-electron chi connectivity index (χ3n) is 1.57. The zero-order valence-electron chi connectivity index (χ0n) is 9.27. The van der Waals surface area contributed by atoms with Crippen molar-refractivity contribution in [3.8, 4) is 0 Å². The molecule has 0 aliphatic heterocycles. The van der Waals surface area contributed by atoms with Crippen molar-refractivity contribution in [2.24, 2.45) is 5.73 Å². The van der Waals surface area contributed by atoms with Crippen molar-refractivity contribution in [1.82, 2.24) is 0 Å². The Hall–Kier alpha value is 0.490. The number of aliphatic hydroxyl groups is 1. The lowest BCUT2D eigenvalue weighted by Gasteiger charge is -2.09. The van der Waals surface area contributed by atoms with Crippen molar-refractivity contribution in [2.45, 2.75) is 6.10 Å². The Labute approximate surface area is 110 Å². The van der Waals surface area contributed by atoms with Gasteiger partial charge in [-0.25, -0.2) is 0 Å².